The van der Waals surface area contributed by atoms with Gasteiger partial charge in [0, 0.05) is 29.9 Å². The zero-order valence-corrected chi connectivity index (χ0v) is 15.6. The Kier molecular flexibility index (Phi) is 5.23. The fraction of sp³-hybridized carbons (Fsp3) is 0.238. The Bertz CT molecular complexity index is 916. The molecule has 1 saturated heterocycles. The second-order valence-corrected chi connectivity index (χ2v) is 6.92. The van der Waals surface area contributed by atoms with Crippen LogP contribution in [-0.2, 0) is 11.3 Å². The number of rotatable bonds is 4. The van der Waals surface area contributed by atoms with Crippen LogP contribution < -0.4 is 0 Å². The molecule has 0 unspecified atom stereocenters. The van der Waals surface area contributed by atoms with Crippen molar-refractivity contribution in [3.8, 4) is 11.3 Å². The molecule has 1 aromatic heterocycles. The van der Waals surface area contributed by atoms with Crippen LogP contribution in [0.3, 0.4) is 0 Å². The molecule has 0 radical (unpaired) electrons. The first-order valence-corrected chi connectivity index (χ1v) is 9.33. The first kappa shape index (κ1) is 17.8. The van der Waals surface area contributed by atoms with Crippen molar-refractivity contribution in [3.05, 3.63) is 76.9 Å². The molecule has 138 valence electrons. The Hall–Kier alpha value is -2.63. The van der Waals surface area contributed by atoms with E-state index < -0.39 is 0 Å². The van der Waals surface area contributed by atoms with Crippen LogP contribution in [0.1, 0.15) is 15.9 Å². The largest absolute Gasteiger partial charge is 0.378 e. The Morgan fingerprint density at radius 2 is 1.74 bits per heavy atom. The molecule has 0 atom stereocenters. The van der Waals surface area contributed by atoms with Gasteiger partial charge in [0.25, 0.3) is 5.91 Å². The van der Waals surface area contributed by atoms with Gasteiger partial charge < -0.3 is 9.64 Å². The van der Waals surface area contributed by atoms with Crippen molar-refractivity contribution in [3.63, 3.8) is 0 Å². The van der Waals surface area contributed by atoms with Gasteiger partial charge >= 0.3 is 0 Å². The smallest absolute Gasteiger partial charge is 0.257 e. The van der Waals surface area contributed by atoms with Gasteiger partial charge in [-0.1, -0.05) is 54.1 Å². The molecule has 3 aromatic rings. The second-order valence-electron chi connectivity index (χ2n) is 6.49. The summed E-state index contributed by atoms with van der Waals surface area (Å²) in [5.41, 5.74) is 3.30. The highest BCUT2D eigenvalue weighted by Gasteiger charge is 2.24. The van der Waals surface area contributed by atoms with Crippen LogP contribution in [0.2, 0.25) is 5.02 Å². The molecule has 2 heterocycles. The van der Waals surface area contributed by atoms with E-state index in [4.69, 9.17) is 21.4 Å². The summed E-state index contributed by atoms with van der Waals surface area (Å²) in [6.45, 7) is 2.95. The molecule has 27 heavy (non-hydrogen) atoms. The maximum absolute atomic E-state index is 13.1. The lowest BCUT2D eigenvalue weighted by molar-refractivity contribution is 0.0303. The lowest BCUT2D eigenvalue weighted by atomic mass is 10.1. The minimum atomic E-state index is -0.0115. The van der Waals surface area contributed by atoms with E-state index in [1.807, 2.05) is 70.4 Å². The van der Waals surface area contributed by atoms with Crippen molar-refractivity contribution in [1.82, 2.24) is 14.7 Å². The Labute approximate surface area is 163 Å². The second kappa shape index (κ2) is 7.94. The van der Waals surface area contributed by atoms with Crippen LogP contribution in [0.15, 0.2) is 60.8 Å². The predicted octanol–water partition coefficient (Wildman–Crippen LogP) is 3.72. The first-order chi connectivity index (χ1) is 13.2. The van der Waals surface area contributed by atoms with Gasteiger partial charge in [-0.25, -0.2) is 0 Å². The number of nitrogens with zero attached hydrogens (tertiary/aromatic N) is 3. The molecule has 1 fully saturated rings. The molecule has 0 bridgehead atoms. The van der Waals surface area contributed by atoms with E-state index in [-0.39, 0.29) is 5.91 Å². The third kappa shape index (κ3) is 4.04. The number of carbonyl (C=O) groups excluding carboxylic acids is 1. The number of morpholine rings is 1. The summed E-state index contributed by atoms with van der Waals surface area (Å²) in [4.78, 5) is 14.9. The molecule has 0 N–H and O–H groups in total. The number of benzene rings is 2. The van der Waals surface area contributed by atoms with E-state index in [1.165, 1.54) is 0 Å². The lowest BCUT2D eigenvalue weighted by Crippen LogP contribution is -2.40. The Morgan fingerprint density at radius 3 is 2.44 bits per heavy atom. The molecular weight excluding hydrogens is 362 g/mol. The number of hydrogen-bond donors (Lipinski definition) is 0. The van der Waals surface area contributed by atoms with Crippen LogP contribution >= 0.6 is 11.6 Å². The number of aromatic nitrogens is 2. The van der Waals surface area contributed by atoms with Gasteiger partial charge in [-0.3, -0.25) is 9.48 Å². The van der Waals surface area contributed by atoms with Crippen molar-refractivity contribution in [2.75, 3.05) is 26.3 Å². The van der Waals surface area contributed by atoms with Crippen molar-refractivity contribution < 1.29 is 9.53 Å². The molecular formula is C21H20ClN3O2. The summed E-state index contributed by atoms with van der Waals surface area (Å²) in [6.07, 6.45) is 1.84. The summed E-state index contributed by atoms with van der Waals surface area (Å²) in [7, 11) is 0. The molecule has 2 aromatic carbocycles. The van der Waals surface area contributed by atoms with Gasteiger partial charge in [-0.2, -0.15) is 5.10 Å². The van der Waals surface area contributed by atoms with E-state index in [2.05, 4.69) is 0 Å². The zero-order chi connectivity index (χ0) is 18.6. The minimum absolute atomic E-state index is 0.0115. The van der Waals surface area contributed by atoms with E-state index in [9.17, 15) is 4.79 Å². The van der Waals surface area contributed by atoms with Gasteiger partial charge in [0.15, 0.2) is 0 Å². The quantitative estimate of drug-likeness (QED) is 0.692. The summed E-state index contributed by atoms with van der Waals surface area (Å²) in [6, 6.07) is 17.5. The van der Waals surface area contributed by atoms with Gasteiger partial charge in [0.1, 0.15) is 5.69 Å². The molecule has 1 aliphatic rings. The zero-order valence-electron chi connectivity index (χ0n) is 14.8. The highest BCUT2D eigenvalue weighted by atomic mass is 35.5. The summed E-state index contributed by atoms with van der Waals surface area (Å²) in [5.74, 6) is -0.0115. The molecule has 5 nitrogen and oxygen atoms in total. The minimum Gasteiger partial charge on any atom is -0.378 e. The third-order valence-corrected chi connectivity index (χ3v) is 4.85. The van der Waals surface area contributed by atoms with Crippen LogP contribution in [-0.4, -0.2) is 46.9 Å². The lowest BCUT2D eigenvalue weighted by Gasteiger charge is -2.26. The molecule has 4 rings (SSSR count). The maximum Gasteiger partial charge on any atom is 0.257 e. The summed E-state index contributed by atoms with van der Waals surface area (Å²) in [5, 5.41) is 5.37. The van der Waals surface area contributed by atoms with Crippen molar-refractivity contribution in [1.29, 1.82) is 0 Å². The number of hydrogen-bond acceptors (Lipinski definition) is 3. The SMILES string of the molecule is O=C(c1cn(Cc2ccccc2)nc1-c1ccc(Cl)cc1)N1CCOCC1. The van der Waals surface area contributed by atoms with Crippen molar-refractivity contribution in [2.45, 2.75) is 6.54 Å². The molecule has 6 heteroatoms. The number of amides is 1. The number of halogens is 1. The average molecular weight is 382 g/mol. The predicted molar refractivity (Wildman–Crippen MR) is 105 cm³/mol. The van der Waals surface area contributed by atoms with E-state index in [0.29, 0.717) is 49.1 Å². The van der Waals surface area contributed by atoms with Crippen LogP contribution in [0.4, 0.5) is 0 Å². The van der Waals surface area contributed by atoms with Crippen LogP contribution in [0.25, 0.3) is 11.3 Å². The molecule has 0 aliphatic carbocycles. The molecule has 0 spiro atoms. The van der Waals surface area contributed by atoms with Crippen LogP contribution in [0, 0.1) is 0 Å². The average Bonchev–Trinajstić information content (AvgIpc) is 3.13. The third-order valence-electron chi connectivity index (χ3n) is 4.60. The molecule has 0 saturated carbocycles. The topological polar surface area (TPSA) is 47.4 Å². The van der Waals surface area contributed by atoms with Crippen molar-refractivity contribution in [2.24, 2.45) is 0 Å². The fourth-order valence-corrected chi connectivity index (χ4v) is 3.31. The van der Waals surface area contributed by atoms with E-state index in [1.54, 1.807) is 0 Å². The summed E-state index contributed by atoms with van der Waals surface area (Å²) < 4.78 is 7.19. The number of carbonyl (C=O) groups is 1. The normalized spacial score (nSPS) is 14.3. The molecule has 1 aliphatic heterocycles. The molecule has 1 amide bonds. The van der Waals surface area contributed by atoms with Crippen LogP contribution in [0.5, 0.6) is 0 Å². The number of ether oxygens (including phenoxy) is 1. The summed E-state index contributed by atoms with van der Waals surface area (Å²) >= 11 is 6.02. The van der Waals surface area contributed by atoms with E-state index >= 15 is 0 Å². The standard InChI is InChI=1S/C21H20ClN3O2/c22-18-8-6-17(7-9-18)20-19(21(26)24-10-12-27-13-11-24)15-25(23-20)14-16-4-2-1-3-5-16/h1-9,15H,10-14H2. The highest BCUT2D eigenvalue weighted by molar-refractivity contribution is 6.30. The van der Waals surface area contributed by atoms with E-state index in [0.717, 1.165) is 11.1 Å². The maximum atomic E-state index is 13.1. The highest BCUT2D eigenvalue weighted by Crippen LogP contribution is 2.25. The van der Waals surface area contributed by atoms with Gasteiger partial charge in [-0.05, 0) is 17.7 Å². The van der Waals surface area contributed by atoms with Gasteiger partial charge in [0.05, 0.1) is 25.3 Å². The Balaban J connectivity index is 1.70. The Morgan fingerprint density at radius 1 is 1.04 bits per heavy atom. The first-order valence-electron chi connectivity index (χ1n) is 8.95. The fourth-order valence-electron chi connectivity index (χ4n) is 3.19. The van der Waals surface area contributed by atoms with Gasteiger partial charge in [0.2, 0.25) is 0 Å². The van der Waals surface area contributed by atoms with Gasteiger partial charge in [-0.15, -0.1) is 0 Å². The van der Waals surface area contributed by atoms with Crippen molar-refractivity contribution >= 4 is 17.5 Å². The monoisotopic (exact) mass is 381 g/mol.